The summed E-state index contributed by atoms with van der Waals surface area (Å²) in [5, 5.41) is 16.7. The Labute approximate surface area is 187 Å². The molecule has 0 aliphatic carbocycles. The predicted molar refractivity (Wildman–Crippen MR) is 112 cm³/mol. The maximum atomic E-state index is 12.1. The number of rotatable bonds is 11. The number of aromatic nitrogens is 4. The standard InChI is InChI=1S/C21H24F3N5O4/c1-14-8-15(10-27-20(14)33-7-6-32-13-21(22,23)24)11-29-12-16-17(28-29)2-3-25-18(16)9-19(31)26-4-5-30/h2-3,8,10,12,30H,4-7,9,11,13H2,1H3,(H,26,31). The molecule has 12 heteroatoms. The van der Waals surface area contributed by atoms with Gasteiger partial charge in [-0.15, -0.1) is 0 Å². The van der Waals surface area contributed by atoms with Gasteiger partial charge in [0.15, 0.2) is 0 Å². The van der Waals surface area contributed by atoms with Crippen LogP contribution in [0.2, 0.25) is 0 Å². The molecule has 0 aliphatic heterocycles. The first-order chi connectivity index (χ1) is 15.7. The highest BCUT2D eigenvalue weighted by Crippen LogP contribution is 2.19. The van der Waals surface area contributed by atoms with Gasteiger partial charge in [-0.1, -0.05) is 0 Å². The van der Waals surface area contributed by atoms with Crippen molar-refractivity contribution >= 4 is 16.8 Å². The fourth-order valence-electron chi connectivity index (χ4n) is 3.11. The van der Waals surface area contributed by atoms with Crippen molar-refractivity contribution in [3.8, 4) is 5.88 Å². The average Bonchev–Trinajstić information content (AvgIpc) is 3.16. The lowest BCUT2D eigenvalue weighted by atomic mass is 10.2. The molecule has 0 aromatic carbocycles. The van der Waals surface area contributed by atoms with Gasteiger partial charge < -0.3 is 19.9 Å². The number of hydrogen-bond donors (Lipinski definition) is 2. The number of aryl methyl sites for hydroxylation is 1. The van der Waals surface area contributed by atoms with Crippen molar-refractivity contribution in [3.05, 3.63) is 47.5 Å². The number of amides is 1. The van der Waals surface area contributed by atoms with Crippen molar-refractivity contribution in [2.45, 2.75) is 26.1 Å². The van der Waals surface area contributed by atoms with Crippen molar-refractivity contribution in [2.75, 3.05) is 33.0 Å². The lowest BCUT2D eigenvalue weighted by Gasteiger charge is -2.11. The minimum Gasteiger partial charge on any atom is -0.475 e. The summed E-state index contributed by atoms with van der Waals surface area (Å²) in [5.41, 5.74) is 2.84. The highest BCUT2D eigenvalue weighted by molar-refractivity contribution is 5.86. The molecule has 3 rings (SSSR count). The third-order valence-corrected chi connectivity index (χ3v) is 4.49. The SMILES string of the molecule is Cc1cc(Cn2cc3c(CC(=O)NCCO)nccc3n2)cnc1OCCOCC(F)(F)F. The summed E-state index contributed by atoms with van der Waals surface area (Å²) in [6.45, 7) is 0.685. The third-order valence-electron chi connectivity index (χ3n) is 4.49. The number of nitrogens with one attached hydrogen (secondary N) is 1. The monoisotopic (exact) mass is 467 g/mol. The Morgan fingerprint density at radius 2 is 2.09 bits per heavy atom. The highest BCUT2D eigenvalue weighted by Gasteiger charge is 2.27. The van der Waals surface area contributed by atoms with Gasteiger partial charge in [0, 0.05) is 36.1 Å². The van der Waals surface area contributed by atoms with E-state index >= 15 is 0 Å². The molecule has 0 saturated carbocycles. The lowest BCUT2D eigenvalue weighted by Crippen LogP contribution is -2.28. The molecule has 0 aliphatic rings. The highest BCUT2D eigenvalue weighted by atomic mass is 19.4. The Kier molecular flexibility index (Phi) is 8.17. The summed E-state index contributed by atoms with van der Waals surface area (Å²) in [5.74, 6) is 0.0800. The fourth-order valence-corrected chi connectivity index (χ4v) is 3.11. The Morgan fingerprint density at radius 3 is 2.82 bits per heavy atom. The van der Waals surface area contributed by atoms with Crippen molar-refractivity contribution in [1.82, 2.24) is 25.1 Å². The number of nitrogens with zero attached hydrogens (tertiary/aromatic N) is 4. The maximum Gasteiger partial charge on any atom is 0.411 e. The molecule has 1 amide bonds. The number of fused-ring (bicyclic) bond motifs is 1. The van der Waals surface area contributed by atoms with Crippen molar-refractivity contribution in [3.63, 3.8) is 0 Å². The van der Waals surface area contributed by atoms with Gasteiger partial charge in [0.1, 0.15) is 13.2 Å². The molecule has 0 fully saturated rings. The topological polar surface area (TPSA) is 111 Å². The van der Waals surface area contributed by atoms with E-state index in [0.29, 0.717) is 23.6 Å². The molecule has 3 aromatic heterocycles. The van der Waals surface area contributed by atoms with Crippen LogP contribution >= 0.6 is 0 Å². The number of aliphatic hydroxyl groups is 1. The second kappa shape index (κ2) is 11.1. The minimum atomic E-state index is -4.36. The molecule has 178 valence electrons. The van der Waals surface area contributed by atoms with E-state index in [-0.39, 0.29) is 38.7 Å². The van der Waals surface area contributed by atoms with Crippen LogP contribution in [0.25, 0.3) is 10.9 Å². The zero-order valence-electron chi connectivity index (χ0n) is 17.9. The van der Waals surface area contributed by atoms with E-state index in [1.165, 1.54) is 0 Å². The van der Waals surface area contributed by atoms with Gasteiger partial charge in [0.25, 0.3) is 0 Å². The Morgan fingerprint density at radius 1 is 1.27 bits per heavy atom. The van der Waals surface area contributed by atoms with E-state index in [0.717, 1.165) is 16.5 Å². The van der Waals surface area contributed by atoms with Gasteiger partial charge in [-0.3, -0.25) is 14.5 Å². The van der Waals surface area contributed by atoms with Crippen LogP contribution in [0.15, 0.2) is 30.7 Å². The number of aliphatic hydroxyl groups excluding tert-OH is 1. The third kappa shape index (κ3) is 7.39. The number of pyridine rings is 2. The van der Waals surface area contributed by atoms with Crippen LogP contribution in [0, 0.1) is 6.92 Å². The van der Waals surface area contributed by atoms with Crippen LogP contribution in [0.1, 0.15) is 16.8 Å². The summed E-state index contributed by atoms with van der Waals surface area (Å²) >= 11 is 0. The van der Waals surface area contributed by atoms with Crippen LogP contribution in [0.3, 0.4) is 0 Å². The van der Waals surface area contributed by atoms with Crippen LogP contribution in [0.5, 0.6) is 5.88 Å². The molecule has 33 heavy (non-hydrogen) atoms. The molecule has 0 atom stereocenters. The van der Waals surface area contributed by atoms with E-state index in [1.807, 2.05) is 6.07 Å². The molecule has 2 N–H and O–H groups in total. The molecular formula is C21H24F3N5O4. The van der Waals surface area contributed by atoms with E-state index < -0.39 is 12.8 Å². The van der Waals surface area contributed by atoms with Gasteiger partial charge in [-0.2, -0.15) is 18.3 Å². The van der Waals surface area contributed by atoms with Crippen LogP contribution in [-0.2, 0) is 22.5 Å². The van der Waals surface area contributed by atoms with Crippen LogP contribution in [-0.4, -0.2) is 69.9 Å². The largest absolute Gasteiger partial charge is 0.475 e. The first-order valence-corrected chi connectivity index (χ1v) is 10.2. The number of hydrogen-bond acceptors (Lipinski definition) is 7. The van der Waals surface area contributed by atoms with Gasteiger partial charge in [-0.05, 0) is 24.6 Å². The second-order valence-electron chi connectivity index (χ2n) is 7.25. The Hall–Kier alpha value is -3.25. The molecule has 3 heterocycles. The molecule has 0 spiro atoms. The molecule has 0 bridgehead atoms. The number of ether oxygens (including phenoxy) is 2. The summed E-state index contributed by atoms with van der Waals surface area (Å²) in [4.78, 5) is 20.5. The molecule has 0 unspecified atom stereocenters. The van der Waals surface area contributed by atoms with E-state index in [2.05, 4.69) is 25.1 Å². The number of alkyl halides is 3. The predicted octanol–water partition coefficient (Wildman–Crippen LogP) is 1.79. The van der Waals surface area contributed by atoms with Crippen LogP contribution < -0.4 is 10.1 Å². The zero-order chi connectivity index (χ0) is 23.8. The molecule has 3 aromatic rings. The average molecular weight is 467 g/mol. The molecule has 0 saturated heterocycles. The zero-order valence-corrected chi connectivity index (χ0v) is 17.9. The van der Waals surface area contributed by atoms with Crippen molar-refractivity contribution in [1.29, 1.82) is 0 Å². The minimum absolute atomic E-state index is 0.0462. The molecule has 9 nitrogen and oxygen atoms in total. The van der Waals surface area contributed by atoms with Crippen molar-refractivity contribution < 1.29 is 32.5 Å². The van der Waals surface area contributed by atoms with E-state index in [9.17, 15) is 18.0 Å². The summed E-state index contributed by atoms with van der Waals surface area (Å²) in [7, 11) is 0. The van der Waals surface area contributed by atoms with Crippen molar-refractivity contribution in [2.24, 2.45) is 0 Å². The van der Waals surface area contributed by atoms with Gasteiger partial charge >= 0.3 is 6.18 Å². The van der Waals surface area contributed by atoms with Crippen LogP contribution in [0.4, 0.5) is 13.2 Å². The first kappa shape index (κ1) is 24.4. The summed E-state index contributed by atoms with van der Waals surface area (Å²) < 4.78 is 47.8. The molecular weight excluding hydrogens is 443 g/mol. The molecule has 0 radical (unpaired) electrons. The smallest absolute Gasteiger partial charge is 0.411 e. The quantitative estimate of drug-likeness (QED) is 0.414. The Balaban J connectivity index is 1.61. The summed E-state index contributed by atoms with van der Waals surface area (Å²) in [6, 6.07) is 3.61. The van der Waals surface area contributed by atoms with Gasteiger partial charge in [0.2, 0.25) is 11.8 Å². The van der Waals surface area contributed by atoms with E-state index in [1.54, 1.807) is 36.3 Å². The fraction of sp³-hybridized carbons (Fsp3) is 0.429. The maximum absolute atomic E-state index is 12.1. The van der Waals surface area contributed by atoms with E-state index in [4.69, 9.17) is 9.84 Å². The number of carbonyl (C=O) groups is 1. The Bertz CT molecular complexity index is 1090. The second-order valence-corrected chi connectivity index (χ2v) is 7.25. The summed E-state index contributed by atoms with van der Waals surface area (Å²) in [6.07, 6.45) is 0.699. The normalized spacial score (nSPS) is 11.7. The first-order valence-electron chi connectivity index (χ1n) is 10.2. The lowest BCUT2D eigenvalue weighted by molar-refractivity contribution is -0.175. The van der Waals surface area contributed by atoms with Gasteiger partial charge in [-0.25, -0.2) is 4.98 Å². The number of halogens is 3. The number of carbonyl (C=O) groups excluding carboxylic acids is 1. The van der Waals surface area contributed by atoms with Gasteiger partial charge in [0.05, 0.1) is 37.4 Å².